The molecule has 8 nitrogen and oxygen atoms in total. The highest BCUT2D eigenvalue weighted by Gasteiger charge is 2.64. The highest BCUT2D eigenvalue weighted by Crippen LogP contribution is 2.59. The van der Waals surface area contributed by atoms with E-state index in [1.54, 1.807) is 59.3 Å². The molecular formula is C30H32N4O4S2. The standard InChI is InChI=1S/C30H32N4O4S2/c1-30-14-24(28(37)32-16-23-13-20(18-40-23)29(31-2)39-3)34(25(30)15-30)26(35)17-33-27(36)19-9-11-22(12-10-19)38-21-7-5-4-6-8-21/h4-13,18,24-25H,14-17H2,1-3H3,(H,32,37)(H,33,36)/t24-,25-,30+/m0/s1. The Balaban J connectivity index is 1.15. The Morgan fingerprint density at radius 1 is 1.05 bits per heavy atom. The molecule has 5 rings (SSSR count). The Morgan fingerprint density at radius 3 is 2.48 bits per heavy atom. The van der Waals surface area contributed by atoms with Crippen molar-refractivity contribution in [3.05, 3.63) is 82.0 Å². The van der Waals surface area contributed by atoms with Gasteiger partial charge in [-0.25, -0.2) is 0 Å². The van der Waals surface area contributed by atoms with Gasteiger partial charge in [-0.3, -0.25) is 19.4 Å². The zero-order valence-corrected chi connectivity index (χ0v) is 24.3. The lowest BCUT2D eigenvalue weighted by Gasteiger charge is -2.27. The molecule has 0 radical (unpaired) electrons. The Bertz CT molecular complexity index is 1420. The van der Waals surface area contributed by atoms with Crippen LogP contribution in [0.1, 0.15) is 40.6 Å². The number of hydrogen-bond donors (Lipinski definition) is 2. The fourth-order valence-corrected chi connectivity index (χ4v) is 6.64. The predicted octanol–water partition coefficient (Wildman–Crippen LogP) is 4.71. The fraction of sp³-hybridized carbons (Fsp3) is 0.333. The summed E-state index contributed by atoms with van der Waals surface area (Å²) in [6, 6.07) is 17.7. The second kappa shape index (κ2) is 11.9. The first-order chi connectivity index (χ1) is 19.3. The van der Waals surface area contributed by atoms with Gasteiger partial charge in [-0.1, -0.05) is 25.1 Å². The number of aliphatic imine (C=N–C) groups is 1. The molecule has 1 aromatic heterocycles. The summed E-state index contributed by atoms with van der Waals surface area (Å²) in [4.78, 5) is 46.2. The van der Waals surface area contributed by atoms with Crippen LogP contribution in [0.4, 0.5) is 0 Å². The number of thiophene rings is 1. The van der Waals surface area contributed by atoms with Crippen molar-refractivity contribution >= 4 is 45.9 Å². The molecule has 2 N–H and O–H groups in total. The van der Waals surface area contributed by atoms with E-state index in [9.17, 15) is 14.4 Å². The molecule has 3 atom stereocenters. The molecule has 2 aromatic carbocycles. The van der Waals surface area contributed by atoms with Crippen molar-refractivity contribution in [2.45, 2.75) is 38.4 Å². The molecule has 40 heavy (non-hydrogen) atoms. The molecular weight excluding hydrogens is 544 g/mol. The Kier molecular flexibility index (Phi) is 8.27. The van der Waals surface area contributed by atoms with Gasteiger partial charge in [-0.2, -0.15) is 0 Å². The first-order valence-corrected chi connectivity index (χ1v) is 15.2. The van der Waals surface area contributed by atoms with E-state index in [2.05, 4.69) is 22.5 Å². The molecule has 0 spiro atoms. The Labute approximate surface area is 242 Å². The third-order valence-electron chi connectivity index (χ3n) is 7.46. The van der Waals surface area contributed by atoms with E-state index in [-0.39, 0.29) is 35.7 Å². The molecule has 3 amide bonds. The van der Waals surface area contributed by atoms with Crippen molar-refractivity contribution in [1.29, 1.82) is 0 Å². The highest BCUT2D eigenvalue weighted by molar-refractivity contribution is 8.13. The van der Waals surface area contributed by atoms with Gasteiger partial charge >= 0.3 is 0 Å². The van der Waals surface area contributed by atoms with Crippen LogP contribution < -0.4 is 15.4 Å². The highest BCUT2D eigenvalue weighted by atomic mass is 32.2. The number of nitrogens with zero attached hydrogens (tertiary/aromatic N) is 2. The molecule has 2 aliphatic rings. The number of likely N-dealkylation sites (tertiary alicyclic amines) is 1. The second-order valence-electron chi connectivity index (χ2n) is 10.3. The van der Waals surface area contributed by atoms with E-state index in [0.29, 0.717) is 30.0 Å². The molecule has 1 aliphatic heterocycles. The lowest BCUT2D eigenvalue weighted by atomic mass is 10.0. The van der Waals surface area contributed by atoms with Crippen molar-refractivity contribution in [1.82, 2.24) is 15.5 Å². The van der Waals surface area contributed by atoms with Crippen LogP contribution in [0, 0.1) is 5.41 Å². The number of piperidine rings is 1. The number of ether oxygens (including phenoxy) is 1. The van der Waals surface area contributed by atoms with Gasteiger partial charge < -0.3 is 20.3 Å². The number of carbonyl (C=O) groups excluding carboxylic acids is 3. The Morgan fingerprint density at radius 2 is 1.77 bits per heavy atom. The van der Waals surface area contributed by atoms with Crippen LogP contribution in [0.2, 0.25) is 0 Å². The first kappa shape index (κ1) is 27.9. The van der Waals surface area contributed by atoms with E-state index in [1.165, 1.54) is 0 Å². The number of nitrogens with one attached hydrogen (secondary N) is 2. The van der Waals surface area contributed by atoms with Crippen molar-refractivity contribution in [3.8, 4) is 11.5 Å². The van der Waals surface area contributed by atoms with Crippen molar-refractivity contribution in [2.24, 2.45) is 10.4 Å². The van der Waals surface area contributed by atoms with Crippen LogP contribution in [-0.4, -0.2) is 59.6 Å². The summed E-state index contributed by atoms with van der Waals surface area (Å²) in [6.45, 7) is 2.34. The third-order valence-corrected chi connectivity index (χ3v) is 9.20. The minimum Gasteiger partial charge on any atom is -0.457 e. The van der Waals surface area contributed by atoms with Crippen LogP contribution in [0.15, 0.2) is 71.0 Å². The minimum absolute atomic E-state index is 0.0281. The lowest BCUT2D eigenvalue weighted by Crippen LogP contribution is -2.50. The number of thioether (sulfide) groups is 1. The predicted molar refractivity (Wildman–Crippen MR) is 159 cm³/mol. The van der Waals surface area contributed by atoms with Crippen molar-refractivity contribution in [2.75, 3.05) is 19.8 Å². The number of benzene rings is 2. The smallest absolute Gasteiger partial charge is 0.251 e. The van der Waals surface area contributed by atoms with Gasteiger partial charge in [-0.15, -0.1) is 23.1 Å². The van der Waals surface area contributed by atoms with E-state index in [1.807, 2.05) is 48.0 Å². The van der Waals surface area contributed by atoms with Crippen molar-refractivity contribution in [3.63, 3.8) is 0 Å². The van der Waals surface area contributed by atoms with Gasteiger partial charge in [0.25, 0.3) is 5.91 Å². The summed E-state index contributed by atoms with van der Waals surface area (Å²) in [5.41, 5.74) is 1.43. The molecule has 208 valence electrons. The third kappa shape index (κ3) is 6.08. The average Bonchev–Trinajstić information content (AvgIpc) is 3.27. The summed E-state index contributed by atoms with van der Waals surface area (Å²) in [6.07, 6.45) is 3.49. The molecule has 2 heterocycles. The molecule has 1 saturated heterocycles. The molecule has 1 aliphatic carbocycles. The van der Waals surface area contributed by atoms with Gasteiger partial charge in [0.1, 0.15) is 17.5 Å². The van der Waals surface area contributed by atoms with Crippen LogP contribution in [0.5, 0.6) is 11.5 Å². The summed E-state index contributed by atoms with van der Waals surface area (Å²) in [5.74, 6) is 0.557. The van der Waals surface area contributed by atoms with E-state index >= 15 is 0 Å². The largest absolute Gasteiger partial charge is 0.457 e. The van der Waals surface area contributed by atoms with Gasteiger partial charge in [0.15, 0.2) is 0 Å². The van der Waals surface area contributed by atoms with Crippen LogP contribution in [0.25, 0.3) is 0 Å². The fourth-order valence-electron chi connectivity index (χ4n) is 5.22. The zero-order valence-electron chi connectivity index (χ0n) is 22.7. The van der Waals surface area contributed by atoms with Gasteiger partial charge in [0.2, 0.25) is 11.8 Å². The summed E-state index contributed by atoms with van der Waals surface area (Å²) in [5, 5.41) is 8.73. The monoisotopic (exact) mass is 576 g/mol. The summed E-state index contributed by atoms with van der Waals surface area (Å²) in [7, 11) is 1.77. The van der Waals surface area contributed by atoms with Crippen LogP contribution in [-0.2, 0) is 16.1 Å². The zero-order chi connectivity index (χ0) is 28.3. The van der Waals surface area contributed by atoms with Gasteiger partial charge in [0, 0.05) is 34.5 Å². The molecule has 1 saturated carbocycles. The minimum atomic E-state index is -0.541. The lowest BCUT2D eigenvalue weighted by molar-refractivity contribution is -0.139. The Hall–Kier alpha value is -3.63. The number of hydrogen-bond acceptors (Lipinski definition) is 7. The molecule has 2 fully saturated rings. The van der Waals surface area contributed by atoms with E-state index < -0.39 is 6.04 Å². The van der Waals surface area contributed by atoms with E-state index in [4.69, 9.17) is 4.74 Å². The normalized spacial score (nSPS) is 21.5. The summed E-state index contributed by atoms with van der Waals surface area (Å²) >= 11 is 3.16. The second-order valence-corrected chi connectivity index (χ2v) is 12.1. The number of fused-ring (bicyclic) bond motifs is 1. The SMILES string of the molecule is CN=C(SC)c1csc(CNC(=O)[C@@H]2C[C@]3(C)C[C@@H]3N2C(=O)CNC(=O)c2ccc(Oc3ccccc3)cc2)c1. The maximum absolute atomic E-state index is 13.2. The molecule has 0 unspecified atom stereocenters. The molecule has 3 aromatic rings. The quantitative estimate of drug-likeness (QED) is 0.284. The first-order valence-electron chi connectivity index (χ1n) is 13.1. The maximum atomic E-state index is 13.2. The van der Waals surface area contributed by atoms with Crippen molar-refractivity contribution < 1.29 is 19.1 Å². The number of para-hydroxylation sites is 1. The summed E-state index contributed by atoms with van der Waals surface area (Å²) < 4.78 is 5.77. The number of carbonyl (C=O) groups is 3. The van der Waals surface area contributed by atoms with E-state index in [0.717, 1.165) is 21.9 Å². The van der Waals surface area contributed by atoms with Gasteiger partial charge in [-0.05, 0) is 67.0 Å². The molecule has 10 heteroatoms. The van der Waals surface area contributed by atoms with Gasteiger partial charge in [0.05, 0.1) is 18.1 Å². The molecule has 0 bridgehead atoms. The number of amides is 3. The maximum Gasteiger partial charge on any atom is 0.251 e. The average molecular weight is 577 g/mol. The van der Waals surface area contributed by atoms with Crippen LogP contribution in [0.3, 0.4) is 0 Å². The topological polar surface area (TPSA) is 100 Å². The van der Waals surface area contributed by atoms with Crippen LogP contribution >= 0.6 is 23.1 Å². The number of rotatable bonds is 9.